The number of nitrogens with zero attached hydrogens (tertiary/aromatic N) is 1. The van der Waals surface area contributed by atoms with Crippen LogP contribution in [-0.2, 0) is 10.2 Å². The maximum Gasteiger partial charge on any atom is 0.279 e. The van der Waals surface area contributed by atoms with Gasteiger partial charge in [-0.1, -0.05) is 37.3 Å². The largest absolute Gasteiger partial charge is 0.320 e. The molecule has 0 amide bonds. The molecule has 0 aliphatic carbocycles. The molecule has 21 heavy (non-hydrogen) atoms. The molecular formula is C15H27N3O2S. The molecule has 0 bridgehead atoms. The van der Waals surface area contributed by atoms with Crippen molar-refractivity contribution < 1.29 is 8.42 Å². The average molecular weight is 313 g/mol. The molecule has 0 fully saturated rings. The van der Waals surface area contributed by atoms with E-state index in [4.69, 9.17) is 0 Å². The Labute approximate surface area is 128 Å². The first-order valence-corrected chi connectivity index (χ1v) is 8.82. The van der Waals surface area contributed by atoms with Crippen LogP contribution in [0.25, 0.3) is 0 Å². The Hall–Kier alpha value is -0.950. The predicted molar refractivity (Wildman–Crippen MR) is 87.6 cm³/mol. The van der Waals surface area contributed by atoms with Gasteiger partial charge in [0.1, 0.15) is 0 Å². The molecule has 1 atom stereocenters. The molecule has 0 aliphatic heterocycles. The summed E-state index contributed by atoms with van der Waals surface area (Å²) in [4.78, 5) is 0. The number of rotatable bonds is 10. The van der Waals surface area contributed by atoms with Crippen LogP contribution in [0.1, 0.15) is 31.2 Å². The average Bonchev–Trinajstić information content (AvgIpc) is 2.48. The van der Waals surface area contributed by atoms with Crippen molar-refractivity contribution in [2.75, 3.05) is 33.7 Å². The second kappa shape index (κ2) is 9.15. The van der Waals surface area contributed by atoms with E-state index in [1.807, 2.05) is 25.2 Å². The highest BCUT2D eigenvalue weighted by molar-refractivity contribution is 7.87. The van der Waals surface area contributed by atoms with Crippen molar-refractivity contribution in [3.8, 4) is 0 Å². The second-order valence-corrected chi connectivity index (χ2v) is 7.14. The molecule has 1 aromatic rings. The summed E-state index contributed by atoms with van der Waals surface area (Å²) in [5.41, 5.74) is 1.24. The van der Waals surface area contributed by atoms with Crippen molar-refractivity contribution >= 4 is 10.2 Å². The van der Waals surface area contributed by atoms with Gasteiger partial charge < -0.3 is 5.32 Å². The molecule has 0 radical (unpaired) electrons. The highest BCUT2D eigenvalue weighted by atomic mass is 32.2. The zero-order valence-electron chi connectivity index (χ0n) is 13.2. The second-order valence-electron chi connectivity index (χ2n) is 5.28. The lowest BCUT2D eigenvalue weighted by Crippen LogP contribution is -2.39. The van der Waals surface area contributed by atoms with Gasteiger partial charge in [-0.05, 0) is 37.9 Å². The smallest absolute Gasteiger partial charge is 0.279 e. The molecule has 0 aromatic heterocycles. The van der Waals surface area contributed by atoms with Gasteiger partial charge in [-0.25, -0.2) is 4.72 Å². The molecule has 1 rings (SSSR count). The molecule has 1 aromatic carbocycles. The van der Waals surface area contributed by atoms with Crippen molar-refractivity contribution in [1.29, 1.82) is 0 Å². The fraction of sp³-hybridized carbons (Fsp3) is 0.600. The van der Waals surface area contributed by atoms with Crippen LogP contribution in [0.4, 0.5) is 0 Å². The zero-order chi connectivity index (χ0) is 15.7. The summed E-state index contributed by atoms with van der Waals surface area (Å²) in [6.45, 7) is 3.89. The van der Waals surface area contributed by atoms with Gasteiger partial charge in [0.05, 0.1) is 0 Å². The summed E-state index contributed by atoms with van der Waals surface area (Å²) >= 11 is 0. The van der Waals surface area contributed by atoms with Crippen LogP contribution in [0.2, 0.25) is 0 Å². The molecule has 0 heterocycles. The maximum absolute atomic E-state index is 12.0. The van der Waals surface area contributed by atoms with Crippen molar-refractivity contribution in [2.24, 2.45) is 0 Å². The van der Waals surface area contributed by atoms with Gasteiger partial charge in [0, 0.05) is 20.1 Å². The zero-order valence-corrected chi connectivity index (χ0v) is 14.0. The van der Waals surface area contributed by atoms with E-state index in [2.05, 4.69) is 29.1 Å². The van der Waals surface area contributed by atoms with Gasteiger partial charge in [0.15, 0.2) is 0 Å². The summed E-state index contributed by atoms with van der Waals surface area (Å²) in [6, 6.07) is 10.1. The molecular weight excluding hydrogens is 286 g/mol. The Kier molecular flexibility index (Phi) is 7.88. The normalized spacial score (nSPS) is 13.5. The monoisotopic (exact) mass is 313 g/mol. The Morgan fingerprint density at radius 2 is 1.86 bits per heavy atom. The third-order valence-electron chi connectivity index (χ3n) is 3.54. The van der Waals surface area contributed by atoms with Crippen LogP contribution in [0.15, 0.2) is 30.3 Å². The Bertz CT molecular complexity index is 491. The van der Waals surface area contributed by atoms with E-state index in [0.717, 1.165) is 19.4 Å². The standard InChI is InChI=1S/C15H27N3O2S/c1-14(15-8-5-4-6-9-15)10-12-17-21(19,20)18(3)13-7-11-16-2/h4-6,8-9,14,16-17H,7,10-13H2,1-3H3. The lowest BCUT2D eigenvalue weighted by Gasteiger charge is -2.18. The summed E-state index contributed by atoms with van der Waals surface area (Å²) in [6.07, 6.45) is 1.59. The summed E-state index contributed by atoms with van der Waals surface area (Å²) in [5.74, 6) is 0.337. The first-order valence-electron chi connectivity index (χ1n) is 7.38. The topological polar surface area (TPSA) is 61.4 Å². The number of benzene rings is 1. The first-order chi connectivity index (χ1) is 9.97. The third kappa shape index (κ3) is 6.56. The minimum absolute atomic E-state index is 0.337. The fourth-order valence-electron chi connectivity index (χ4n) is 2.06. The van der Waals surface area contributed by atoms with Crippen LogP contribution < -0.4 is 10.0 Å². The molecule has 2 N–H and O–H groups in total. The third-order valence-corrected chi connectivity index (χ3v) is 5.11. The number of hydrogen-bond acceptors (Lipinski definition) is 3. The van der Waals surface area contributed by atoms with Crippen LogP contribution in [-0.4, -0.2) is 46.5 Å². The lowest BCUT2D eigenvalue weighted by atomic mass is 9.98. The van der Waals surface area contributed by atoms with Crippen molar-refractivity contribution in [2.45, 2.75) is 25.7 Å². The minimum atomic E-state index is -3.36. The molecule has 0 spiro atoms. The van der Waals surface area contributed by atoms with Gasteiger partial charge in [-0.15, -0.1) is 0 Å². The first kappa shape index (κ1) is 18.1. The molecule has 0 saturated carbocycles. The molecule has 120 valence electrons. The van der Waals surface area contributed by atoms with Gasteiger partial charge in [0.2, 0.25) is 0 Å². The van der Waals surface area contributed by atoms with Gasteiger partial charge in [-0.2, -0.15) is 12.7 Å². The van der Waals surface area contributed by atoms with E-state index in [9.17, 15) is 8.42 Å². The highest BCUT2D eigenvalue weighted by Gasteiger charge is 2.16. The minimum Gasteiger partial charge on any atom is -0.320 e. The van der Waals surface area contributed by atoms with E-state index in [1.165, 1.54) is 9.87 Å². The van der Waals surface area contributed by atoms with Crippen LogP contribution in [0.5, 0.6) is 0 Å². The van der Waals surface area contributed by atoms with Crippen molar-refractivity contribution in [1.82, 2.24) is 14.3 Å². The number of hydrogen-bond donors (Lipinski definition) is 2. The Balaban J connectivity index is 2.36. The van der Waals surface area contributed by atoms with Gasteiger partial charge in [0.25, 0.3) is 10.2 Å². The van der Waals surface area contributed by atoms with E-state index in [1.54, 1.807) is 7.05 Å². The predicted octanol–water partition coefficient (Wildman–Crippen LogP) is 1.56. The quantitative estimate of drug-likeness (QED) is 0.644. The Morgan fingerprint density at radius 3 is 2.48 bits per heavy atom. The van der Waals surface area contributed by atoms with Crippen molar-refractivity contribution in [3.63, 3.8) is 0 Å². The lowest BCUT2D eigenvalue weighted by molar-refractivity contribution is 0.446. The number of nitrogens with one attached hydrogen (secondary N) is 2. The summed E-state index contributed by atoms with van der Waals surface area (Å²) in [7, 11) is 0.106. The SMILES string of the molecule is CNCCCN(C)S(=O)(=O)NCCC(C)c1ccccc1. The summed E-state index contributed by atoms with van der Waals surface area (Å²) < 4.78 is 28.1. The molecule has 1 unspecified atom stereocenters. The van der Waals surface area contributed by atoms with Crippen molar-refractivity contribution in [3.05, 3.63) is 35.9 Å². The molecule has 0 aliphatic rings. The van der Waals surface area contributed by atoms with E-state index in [-0.39, 0.29) is 0 Å². The fourth-order valence-corrected chi connectivity index (χ4v) is 3.03. The van der Waals surface area contributed by atoms with Crippen LogP contribution in [0, 0.1) is 0 Å². The molecule has 0 saturated heterocycles. The molecule has 5 nitrogen and oxygen atoms in total. The molecule has 6 heteroatoms. The van der Waals surface area contributed by atoms with Crippen LogP contribution in [0.3, 0.4) is 0 Å². The van der Waals surface area contributed by atoms with Gasteiger partial charge in [-0.3, -0.25) is 0 Å². The Morgan fingerprint density at radius 1 is 1.19 bits per heavy atom. The van der Waals surface area contributed by atoms with Crippen LogP contribution >= 0.6 is 0 Å². The maximum atomic E-state index is 12.0. The highest BCUT2D eigenvalue weighted by Crippen LogP contribution is 2.17. The van der Waals surface area contributed by atoms with E-state index < -0.39 is 10.2 Å². The van der Waals surface area contributed by atoms with E-state index in [0.29, 0.717) is 19.0 Å². The van der Waals surface area contributed by atoms with E-state index >= 15 is 0 Å². The summed E-state index contributed by atoms with van der Waals surface area (Å²) in [5, 5.41) is 3.01. The van der Waals surface area contributed by atoms with Gasteiger partial charge >= 0.3 is 0 Å².